The van der Waals surface area contributed by atoms with Crippen molar-refractivity contribution in [2.24, 2.45) is 11.8 Å². The number of unbranched alkanes of at least 4 members (excludes halogenated alkanes) is 1. The van der Waals surface area contributed by atoms with Gasteiger partial charge in [0.1, 0.15) is 6.17 Å². The number of carbonyl (C=O) groups is 1. The van der Waals surface area contributed by atoms with E-state index in [2.05, 4.69) is 32.8 Å². The molecule has 31 heavy (non-hydrogen) atoms. The molecule has 4 aliphatic heterocycles. The molecule has 1 amide bonds. The van der Waals surface area contributed by atoms with Gasteiger partial charge in [-0.25, -0.2) is 0 Å². The molecule has 0 spiro atoms. The fraction of sp³-hybridized carbons (Fsp3) is 0.958. The van der Waals surface area contributed by atoms with Gasteiger partial charge >= 0.3 is 0 Å². The van der Waals surface area contributed by atoms with Crippen LogP contribution in [0.4, 0.5) is 0 Å². The van der Waals surface area contributed by atoms with Crippen LogP contribution in [0.15, 0.2) is 0 Å². The van der Waals surface area contributed by atoms with Crippen LogP contribution < -0.4 is 16.1 Å². The number of piperazine rings is 1. The smallest absolute Gasteiger partial charge is 0.222 e. The highest BCUT2D eigenvalue weighted by Gasteiger charge is 2.36. The Labute approximate surface area is 189 Å². The van der Waals surface area contributed by atoms with Crippen molar-refractivity contribution in [2.75, 3.05) is 45.8 Å². The average Bonchev–Trinajstić information content (AvgIpc) is 3.27. The number of nitrogens with two attached hydrogens (primary N) is 2. The van der Waals surface area contributed by atoms with E-state index in [1.54, 1.807) is 0 Å². The maximum absolute atomic E-state index is 13.2. The third-order valence-corrected chi connectivity index (χ3v) is 8.26. The molecule has 0 aromatic rings. The van der Waals surface area contributed by atoms with Crippen molar-refractivity contribution in [3.8, 4) is 0 Å². The minimum absolute atomic E-state index is 0.385. The highest BCUT2D eigenvalue weighted by atomic mass is 16.7. The van der Waals surface area contributed by atoms with E-state index < -0.39 is 0 Å². The molecule has 0 bridgehead atoms. The third kappa shape index (κ3) is 6.64. The lowest BCUT2D eigenvalue weighted by Gasteiger charge is -2.40. The monoisotopic (exact) mass is 437 g/mol. The molecule has 4 heterocycles. The molecule has 4 saturated heterocycles. The van der Waals surface area contributed by atoms with Crippen molar-refractivity contribution in [1.29, 1.82) is 0 Å². The molecule has 4 rings (SSSR count). The number of hydrogen-bond donors (Lipinski definition) is 3. The summed E-state index contributed by atoms with van der Waals surface area (Å²) in [6.45, 7) is 9.80. The number of nitrogens with zero attached hydrogens (tertiary/aromatic N) is 2. The number of amides is 1. The summed E-state index contributed by atoms with van der Waals surface area (Å²) in [6, 6.07) is 0.464. The first-order chi connectivity index (χ1) is 15.2. The molecule has 0 saturated carbocycles. The van der Waals surface area contributed by atoms with E-state index >= 15 is 0 Å². The lowest BCUT2D eigenvalue weighted by molar-refractivity contribution is -0.717. The highest BCUT2D eigenvalue weighted by Crippen LogP contribution is 2.29. The summed E-state index contributed by atoms with van der Waals surface area (Å²) < 4.78 is 0. The van der Waals surface area contributed by atoms with Crippen molar-refractivity contribution in [3.05, 3.63) is 0 Å². The summed E-state index contributed by atoms with van der Waals surface area (Å²) in [4.78, 5) is 23.8. The van der Waals surface area contributed by atoms with E-state index in [0.717, 1.165) is 45.4 Å². The third-order valence-electron chi connectivity index (χ3n) is 8.26. The molecule has 5 unspecified atom stereocenters. The van der Waals surface area contributed by atoms with Crippen LogP contribution in [-0.2, 0) is 9.63 Å². The van der Waals surface area contributed by atoms with Gasteiger partial charge in [-0.15, -0.1) is 0 Å². The molecule has 0 aromatic heterocycles. The Morgan fingerprint density at radius 2 is 1.97 bits per heavy atom. The number of quaternary nitrogens is 2. The summed E-state index contributed by atoms with van der Waals surface area (Å²) >= 11 is 0. The van der Waals surface area contributed by atoms with Gasteiger partial charge in [0.2, 0.25) is 5.91 Å². The van der Waals surface area contributed by atoms with Crippen LogP contribution >= 0.6 is 0 Å². The molecule has 178 valence electrons. The average molecular weight is 438 g/mol. The topological polar surface area (TPSA) is 78.0 Å². The number of nitrogens with one attached hydrogen (secondary N) is 1. The maximum Gasteiger partial charge on any atom is 0.222 e. The molecule has 5 N–H and O–H groups in total. The molecular formula is C24H47N5O2+2. The van der Waals surface area contributed by atoms with E-state index in [0.29, 0.717) is 36.1 Å². The Morgan fingerprint density at radius 3 is 2.74 bits per heavy atom. The zero-order valence-corrected chi connectivity index (χ0v) is 19.8. The van der Waals surface area contributed by atoms with Gasteiger partial charge in [0.15, 0.2) is 0 Å². The summed E-state index contributed by atoms with van der Waals surface area (Å²) in [5, 5.41) is 4.97. The lowest BCUT2D eigenvalue weighted by atomic mass is 9.79. The van der Waals surface area contributed by atoms with Crippen LogP contribution in [0.3, 0.4) is 0 Å². The first kappa shape index (κ1) is 23.4. The van der Waals surface area contributed by atoms with Crippen molar-refractivity contribution >= 4 is 5.91 Å². The van der Waals surface area contributed by atoms with Crippen LogP contribution in [0.5, 0.6) is 0 Å². The van der Waals surface area contributed by atoms with Crippen molar-refractivity contribution in [3.63, 3.8) is 0 Å². The number of carbonyl (C=O) groups excluding carboxylic acids is 1. The van der Waals surface area contributed by atoms with Gasteiger partial charge in [0.05, 0.1) is 25.7 Å². The quantitative estimate of drug-likeness (QED) is 0.501. The summed E-state index contributed by atoms with van der Waals surface area (Å²) in [5.74, 6) is 1.57. The number of hydroxylamine groups is 1. The molecule has 7 heteroatoms. The Morgan fingerprint density at radius 1 is 1.10 bits per heavy atom. The Balaban J connectivity index is 1.21. The van der Waals surface area contributed by atoms with E-state index in [1.807, 2.05) is 0 Å². The van der Waals surface area contributed by atoms with E-state index in [-0.39, 0.29) is 0 Å². The van der Waals surface area contributed by atoms with Gasteiger partial charge < -0.3 is 15.5 Å². The number of hydrogen-bond acceptors (Lipinski definition) is 4. The molecular weight excluding hydrogens is 390 g/mol. The maximum atomic E-state index is 13.2. The number of piperidine rings is 2. The lowest BCUT2D eigenvalue weighted by Crippen LogP contribution is -2.95. The Bertz CT molecular complexity index is 548. The van der Waals surface area contributed by atoms with Crippen molar-refractivity contribution in [1.82, 2.24) is 15.3 Å². The summed E-state index contributed by atoms with van der Waals surface area (Å²) in [6.07, 6.45) is 13.0. The van der Waals surface area contributed by atoms with Gasteiger partial charge in [-0.1, -0.05) is 19.8 Å². The molecule has 4 aliphatic rings. The van der Waals surface area contributed by atoms with Crippen LogP contribution in [0.1, 0.15) is 71.1 Å². The fourth-order valence-electron chi connectivity index (χ4n) is 6.29. The zero-order valence-electron chi connectivity index (χ0n) is 19.8. The Hall–Kier alpha value is -0.730. The van der Waals surface area contributed by atoms with Crippen LogP contribution in [0, 0.1) is 11.8 Å². The normalized spacial score (nSPS) is 35.4. The molecule has 4 fully saturated rings. The summed E-state index contributed by atoms with van der Waals surface area (Å²) in [5.41, 5.74) is 3.32. The minimum atomic E-state index is 0.385. The van der Waals surface area contributed by atoms with Crippen LogP contribution in [-0.4, -0.2) is 79.8 Å². The van der Waals surface area contributed by atoms with E-state index in [4.69, 9.17) is 4.84 Å². The molecule has 0 aromatic carbocycles. The SMILES string of the molecule is CCCCC1CC(CC2C[NH2+]CCC2CC(=O)N2CCN(C3CCCC[NH2+]3)CC2)NO1. The molecule has 0 aliphatic carbocycles. The standard InChI is InChI=1S/C24H45N5O2/c1-2-3-6-22-17-21(27-31-22)15-20-18-25-10-8-19(20)16-24(30)29-13-11-28(12-14-29)23-7-4-5-9-26-23/h19-23,25-27H,2-18H2,1H3/p+2. The van der Waals surface area contributed by atoms with Crippen molar-refractivity contribution < 1.29 is 20.3 Å². The van der Waals surface area contributed by atoms with E-state index in [1.165, 1.54) is 64.6 Å². The predicted molar refractivity (Wildman–Crippen MR) is 121 cm³/mol. The van der Waals surface area contributed by atoms with Gasteiger partial charge in [-0.05, 0) is 38.0 Å². The van der Waals surface area contributed by atoms with Gasteiger partial charge in [-0.3, -0.25) is 14.5 Å². The molecule has 0 radical (unpaired) electrons. The second-order valence-electron chi connectivity index (χ2n) is 10.5. The van der Waals surface area contributed by atoms with Gasteiger partial charge in [-0.2, -0.15) is 5.48 Å². The van der Waals surface area contributed by atoms with Crippen molar-refractivity contribution in [2.45, 2.75) is 89.4 Å². The predicted octanol–water partition coefficient (Wildman–Crippen LogP) is 0.0360. The first-order valence-corrected chi connectivity index (χ1v) is 13.3. The second kappa shape index (κ2) is 11.9. The number of rotatable bonds is 8. The van der Waals surface area contributed by atoms with Crippen LogP contribution in [0.2, 0.25) is 0 Å². The summed E-state index contributed by atoms with van der Waals surface area (Å²) in [7, 11) is 0. The zero-order chi connectivity index (χ0) is 21.5. The molecule has 7 nitrogen and oxygen atoms in total. The highest BCUT2D eigenvalue weighted by molar-refractivity contribution is 5.76. The van der Waals surface area contributed by atoms with Gasteiger partial charge in [0.25, 0.3) is 0 Å². The fourth-order valence-corrected chi connectivity index (χ4v) is 6.29. The second-order valence-corrected chi connectivity index (χ2v) is 10.5. The first-order valence-electron chi connectivity index (χ1n) is 13.3. The minimum Gasteiger partial charge on any atom is -0.346 e. The largest absolute Gasteiger partial charge is 0.346 e. The van der Waals surface area contributed by atoms with E-state index in [9.17, 15) is 4.79 Å². The van der Waals surface area contributed by atoms with Gasteiger partial charge in [0, 0.05) is 57.4 Å². The molecule has 5 atom stereocenters. The Kier molecular flexibility index (Phi) is 9.02. The van der Waals surface area contributed by atoms with Crippen LogP contribution in [0.25, 0.3) is 0 Å².